The maximum Gasteiger partial charge on any atom is 0.340 e. The minimum absolute atomic E-state index is 0.295. The summed E-state index contributed by atoms with van der Waals surface area (Å²) in [4.78, 5) is 46.8. The molecule has 28 heavy (non-hydrogen) atoms. The van der Waals surface area contributed by atoms with Crippen LogP contribution in [-0.2, 0) is 0 Å². The quantitative estimate of drug-likeness (QED) is 0.286. The first-order valence-electron chi connectivity index (χ1n) is 9.30. The largest absolute Gasteiger partial charge is 0.340 e. The summed E-state index contributed by atoms with van der Waals surface area (Å²) in [5, 5.41) is 12.1. The first-order chi connectivity index (χ1) is 13.2. The number of carbonyl (C=O) groups excluding carboxylic acids is 2. The van der Waals surface area contributed by atoms with Crippen LogP contribution < -0.4 is 10.6 Å². The van der Waals surface area contributed by atoms with Gasteiger partial charge in [-0.1, -0.05) is 0 Å². The number of amides is 4. The summed E-state index contributed by atoms with van der Waals surface area (Å²) >= 11 is 0. The van der Waals surface area contributed by atoms with Gasteiger partial charge in [0.1, 0.15) is 0 Å². The highest BCUT2D eigenvalue weighted by Crippen LogP contribution is 1.94. The Balaban J connectivity index is 0. The van der Waals surface area contributed by atoms with Gasteiger partial charge >= 0.3 is 12.1 Å². The lowest BCUT2D eigenvalue weighted by atomic mass is 10.4. The third kappa shape index (κ3) is 15.9. The normalized spacial score (nSPS) is 10.0. The molecule has 0 saturated carbocycles. The molecule has 0 aromatic carbocycles. The summed E-state index contributed by atoms with van der Waals surface area (Å²) in [6.07, 6.45) is 1.59. The predicted molar refractivity (Wildman–Crippen MR) is 109 cm³/mol. The zero-order valence-corrected chi connectivity index (χ0v) is 18.0. The van der Waals surface area contributed by atoms with E-state index in [0.29, 0.717) is 26.2 Å². The zero-order valence-electron chi connectivity index (χ0n) is 18.0. The van der Waals surface area contributed by atoms with Crippen LogP contribution in [0, 0.1) is 9.81 Å². The summed E-state index contributed by atoms with van der Waals surface area (Å²) in [5.74, 6) is 0. The van der Waals surface area contributed by atoms with Gasteiger partial charge in [0.15, 0.2) is 0 Å². The van der Waals surface area contributed by atoms with Crippen LogP contribution in [0.4, 0.5) is 9.59 Å². The Bertz CT molecular complexity index is 446. The molecule has 2 N–H and O–H groups in total. The van der Waals surface area contributed by atoms with Crippen LogP contribution in [0.2, 0.25) is 0 Å². The molecule has 12 nitrogen and oxygen atoms in total. The fourth-order valence-corrected chi connectivity index (χ4v) is 1.88. The van der Waals surface area contributed by atoms with Crippen LogP contribution in [-0.4, -0.2) is 99.3 Å². The second kappa shape index (κ2) is 18.0. The monoisotopic (exact) mass is 404 g/mol. The first-order valence-corrected chi connectivity index (χ1v) is 9.30. The van der Waals surface area contributed by atoms with Crippen LogP contribution in [0.15, 0.2) is 10.6 Å². The Hall–Kier alpha value is -2.34. The molecule has 0 bridgehead atoms. The van der Waals surface area contributed by atoms with Crippen molar-refractivity contribution < 1.29 is 9.59 Å². The first kappa shape index (κ1) is 27.9. The average molecular weight is 405 g/mol. The van der Waals surface area contributed by atoms with E-state index in [-0.39, 0.29) is 0 Å². The smallest absolute Gasteiger partial charge is 0.337 e. The van der Waals surface area contributed by atoms with Gasteiger partial charge < -0.3 is 20.4 Å². The molecular weight excluding hydrogens is 368 g/mol. The van der Waals surface area contributed by atoms with Gasteiger partial charge in [-0.3, -0.25) is 0 Å². The molecular formula is C16H36N8O4. The molecule has 0 saturated heterocycles. The Morgan fingerprint density at radius 2 is 1.25 bits per heavy atom. The van der Waals surface area contributed by atoms with Crippen molar-refractivity contribution in [1.82, 2.24) is 30.5 Å². The van der Waals surface area contributed by atoms with Crippen molar-refractivity contribution in [3.05, 3.63) is 9.81 Å². The number of hydrogen-bond acceptors (Lipinski definition) is 8. The molecule has 4 amide bonds. The summed E-state index contributed by atoms with van der Waals surface area (Å²) < 4.78 is 0. The molecule has 0 unspecified atom stereocenters. The molecule has 0 aromatic rings. The lowest BCUT2D eigenvalue weighted by Crippen LogP contribution is -2.37. The second-order valence-corrected chi connectivity index (χ2v) is 6.38. The number of nitroso groups, excluding NO2 is 2. The van der Waals surface area contributed by atoms with Crippen molar-refractivity contribution in [2.75, 3.05) is 67.5 Å². The van der Waals surface area contributed by atoms with Crippen LogP contribution in [0.3, 0.4) is 0 Å². The van der Waals surface area contributed by atoms with Gasteiger partial charge in [-0.2, -0.15) is 10.0 Å². The average Bonchev–Trinajstić information content (AvgIpc) is 2.63. The predicted octanol–water partition coefficient (Wildman–Crippen LogP) is 1.30. The van der Waals surface area contributed by atoms with Crippen molar-refractivity contribution >= 4 is 12.1 Å². The Kier molecular flexibility index (Phi) is 18.0. The van der Waals surface area contributed by atoms with Gasteiger partial charge in [0.25, 0.3) is 0 Å². The SMILES string of the molecule is CCN(N=O)C(=O)NCCCN(C)C.CCNC(=O)N(CCCN(C)C)N=O. The number of carbonyl (C=O) groups is 2. The highest BCUT2D eigenvalue weighted by molar-refractivity contribution is 5.73. The Morgan fingerprint density at radius 3 is 1.68 bits per heavy atom. The minimum Gasteiger partial charge on any atom is -0.337 e. The highest BCUT2D eigenvalue weighted by Gasteiger charge is 2.12. The van der Waals surface area contributed by atoms with E-state index in [9.17, 15) is 19.4 Å². The molecule has 0 heterocycles. The van der Waals surface area contributed by atoms with Crippen molar-refractivity contribution in [2.24, 2.45) is 10.6 Å². The van der Waals surface area contributed by atoms with Gasteiger partial charge in [0, 0.05) is 19.6 Å². The van der Waals surface area contributed by atoms with Crippen molar-refractivity contribution in [2.45, 2.75) is 26.7 Å². The van der Waals surface area contributed by atoms with Gasteiger partial charge in [-0.25, -0.2) is 9.59 Å². The molecule has 0 aromatic heterocycles. The lowest BCUT2D eigenvalue weighted by Gasteiger charge is -2.15. The molecule has 164 valence electrons. The third-order valence-electron chi connectivity index (χ3n) is 3.33. The summed E-state index contributed by atoms with van der Waals surface area (Å²) in [6, 6.07) is -0.859. The van der Waals surface area contributed by atoms with E-state index in [0.717, 1.165) is 35.9 Å². The van der Waals surface area contributed by atoms with E-state index in [1.165, 1.54) is 0 Å². The Morgan fingerprint density at radius 1 is 0.750 bits per heavy atom. The molecule has 0 spiro atoms. The Labute approximate surface area is 167 Å². The van der Waals surface area contributed by atoms with Gasteiger partial charge in [0.2, 0.25) is 0 Å². The molecule has 0 radical (unpaired) electrons. The molecule has 0 aliphatic heterocycles. The number of hydrogen-bond donors (Lipinski definition) is 2. The molecule has 12 heteroatoms. The van der Waals surface area contributed by atoms with Gasteiger partial charge in [-0.05, 0) is 68.0 Å². The summed E-state index contributed by atoms with van der Waals surface area (Å²) in [7, 11) is 7.80. The third-order valence-corrected chi connectivity index (χ3v) is 3.33. The summed E-state index contributed by atoms with van der Waals surface area (Å²) in [6.45, 7) is 6.92. The number of urea groups is 2. The van der Waals surface area contributed by atoms with E-state index in [2.05, 4.69) is 21.2 Å². The maximum absolute atomic E-state index is 11.2. The standard InChI is InChI=1S/2C8H18N4O2/c1-4-12(10-14)8(13)9-6-5-7-11(2)3;1-4-9-8(13)12(10-14)7-5-6-11(2)3/h2*4-7H2,1-3H3,(H,9,13). The van der Waals surface area contributed by atoms with Gasteiger partial charge in [-0.15, -0.1) is 9.81 Å². The topological polar surface area (TPSA) is 130 Å². The number of nitrogens with zero attached hydrogens (tertiary/aromatic N) is 6. The van der Waals surface area contributed by atoms with Gasteiger partial charge in [0.05, 0.1) is 17.1 Å². The highest BCUT2D eigenvalue weighted by atomic mass is 16.3. The van der Waals surface area contributed by atoms with Crippen LogP contribution >= 0.6 is 0 Å². The van der Waals surface area contributed by atoms with Crippen molar-refractivity contribution in [1.29, 1.82) is 0 Å². The molecule has 0 rings (SSSR count). The molecule has 0 aliphatic rings. The molecule has 0 atom stereocenters. The zero-order chi connectivity index (χ0) is 21.9. The van der Waals surface area contributed by atoms with Crippen molar-refractivity contribution in [3.8, 4) is 0 Å². The molecule has 0 fully saturated rings. The van der Waals surface area contributed by atoms with E-state index in [1.54, 1.807) is 13.8 Å². The fraction of sp³-hybridized carbons (Fsp3) is 0.875. The summed E-state index contributed by atoms with van der Waals surface area (Å²) in [5.41, 5.74) is 0. The van der Waals surface area contributed by atoms with Crippen molar-refractivity contribution in [3.63, 3.8) is 0 Å². The van der Waals surface area contributed by atoms with Crippen LogP contribution in [0.25, 0.3) is 0 Å². The molecule has 0 aliphatic carbocycles. The number of nitrogens with one attached hydrogen (secondary N) is 2. The lowest BCUT2D eigenvalue weighted by molar-refractivity contribution is 0.197. The van der Waals surface area contributed by atoms with E-state index in [1.807, 2.05) is 38.0 Å². The van der Waals surface area contributed by atoms with E-state index in [4.69, 9.17) is 0 Å². The second-order valence-electron chi connectivity index (χ2n) is 6.38. The maximum atomic E-state index is 11.2. The fourth-order valence-electron chi connectivity index (χ4n) is 1.88. The van der Waals surface area contributed by atoms with Crippen LogP contribution in [0.5, 0.6) is 0 Å². The van der Waals surface area contributed by atoms with E-state index >= 15 is 0 Å². The van der Waals surface area contributed by atoms with Crippen LogP contribution in [0.1, 0.15) is 26.7 Å². The van der Waals surface area contributed by atoms with E-state index < -0.39 is 12.1 Å². The minimum atomic E-state index is -0.429. The number of rotatable bonds is 12.